The van der Waals surface area contributed by atoms with E-state index in [1.54, 1.807) is 12.1 Å². The molecule has 5 rings (SSSR count). The number of aliphatic hydroxyl groups excluding tert-OH is 1. The number of aliphatic hydroxyl groups is 1. The summed E-state index contributed by atoms with van der Waals surface area (Å²) in [5.74, 6) is -1.22. The molecule has 3 heterocycles. The number of hydrogen-bond acceptors (Lipinski definition) is 8. The molecule has 11 heteroatoms. The lowest BCUT2D eigenvalue weighted by atomic mass is 9.59. The van der Waals surface area contributed by atoms with Crippen LogP contribution in [0, 0.1) is 27.9 Å². The Labute approximate surface area is 219 Å². The fourth-order valence-electron chi connectivity index (χ4n) is 6.15. The van der Waals surface area contributed by atoms with Crippen molar-refractivity contribution in [2.75, 3.05) is 4.90 Å². The fourth-order valence-corrected chi connectivity index (χ4v) is 6.15. The Bertz CT molecular complexity index is 1350. The molecule has 1 aromatic heterocycles. The molecule has 0 spiro atoms. The fraction of sp³-hybridized carbons (Fsp3) is 0.407. The van der Waals surface area contributed by atoms with Crippen molar-refractivity contribution in [1.82, 2.24) is 0 Å². The van der Waals surface area contributed by atoms with Crippen molar-refractivity contribution in [1.29, 1.82) is 0 Å². The van der Waals surface area contributed by atoms with Gasteiger partial charge < -0.3 is 19.2 Å². The second kappa shape index (κ2) is 10.3. The topological polar surface area (TPSA) is 143 Å². The first-order chi connectivity index (χ1) is 18.2. The minimum Gasteiger partial charge on any atom is -0.459 e. The van der Waals surface area contributed by atoms with Crippen LogP contribution in [0.2, 0.25) is 6.32 Å². The molecule has 3 aliphatic rings. The normalized spacial score (nSPS) is 25.6. The number of nitrogens with zero attached hydrogens (tertiary/aromatic N) is 2. The summed E-state index contributed by atoms with van der Waals surface area (Å²) in [4.78, 5) is 38.8. The highest BCUT2D eigenvalue weighted by atomic mass is 16.6. The highest BCUT2D eigenvalue weighted by Gasteiger charge is 2.57. The lowest BCUT2D eigenvalue weighted by Gasteiger charge is -2.42. The number of carbonyl (C=O) groups is 2. The Kier molecular flexibility index (Phi) is 7.08. The number of amides is 2. The van der Waals surface area contributed by atoms with Crippen molar-refractivity contribution in [2.24, 2.45) is 17.8 Å². The van der Waals surface area contributed by atoms with Crippen LogP contribution in [0.5, 0.6) is 0 Å². The average molecular weight is 520 g/mol. The van der Waals surface area contributed by atoms with E-state index in [0.717, 1.165) is 21.6 Å². The molecule has 2 saturated heterocycles. The maximum atomic E-state index is 13.7. The number of nitro groups is 1. The van der Waals surface area contributed by atoms with E-state index in [2.05, 4.69) is 0 Å². The molecule has 2 N–H and O–H groups in total. The molecule has 0 radical (unpaired) electrons. The standard InChI is InChI=1S/C27H29BN2O8/c1-15(10-19-7-8-20(14-31)37-19)6-9-23-24-16(2)11-21-25(22(24)13-28(34)38-23)27(33)29(26(21)32)17-4-3-5-18(12-17)30(35)36/h3-5,7-8,10,12,21-23,25,31,34H,6,9,11,13-14H2,1-2H3/b15-10+/t21-,22+,23-,25-/m1/s1. The molecular weight excluding hydrogens is 491 g/mol. The number of fused-ring (bicyclic) bond motifs is 3. The van der Waals surface area contributed by atoms with Gasteiger partial charge in [0.1, 0.15) is 18.1 Å². The summed E-state index contributed by atoms with van der Waals surface area (Å²) in [6.07, 6.45) is 3.31. The van der Waals surface area contributed by atoms with Gasteiger partial charge >= 0.3 is 7.12 Å². The lowest BCUT2D eigenvalue weighted by molar-refractivity contribution is -0.384. The van der Waals surface area contributed by atoms with Crippen molar-refractivity contribution < 1.29 is 33.7 Å². The number of allylic oxidation sites excluding steroid dienone is 2. The number of nitro benzene ring substituents is 1. The van der Waals surface area contributed by atoms with E-state index < -0.39 is 35.9 Å². The monoisotopic (exact) mass is 520 g/mol. The van der Waals surface area contributed by atoms with Gasteiger partial charge in [0, 0.05) is 12.1 Å². The Balaban J connectivity index is 1.38. The zero-order valence-corrected chi connectivity index (χ0v) is 21.2. The Morgan fingerprint density at radius 1 is 1.24 bits per heavy atom. The van der Waals surface area contributed by atoms with Gasteiger partial charge in [-0.3, -0.25) is 19.7 Å². The highest BCUT2D eigenvalue weighted by molar-refractivity contribution is 6.43. The number of rotatable bonds is 7. The molecule has 4 atom stereocenters. The summed E-state index contributed by atoms with van der Waals surface area (Å²) in [6.45, 7) is 3.74. The minimum atomic E-state index is -1.07. The van der Waals surface area contributed by atoms with Crippen molar-refractivity contribution in [2.45, 2.75) is 52.1 Å². The largest absolute Gasteiger partial charge is 0.459 e. The van der Waals surface area contributed by atoms with Crippen LogP contribution >= 0.6 is 0 Å². The van der Waals surface area contributed by atoms with Crippen molar-refractivity contribution in [3.63, 3.8) is 0 Å². The third-order valence-corrected chi connectivity index (χ3v) is 7.78. The zero-order valence-electron chi connectivity index (χ0n) is 21.2. The molecule has 2 amide bonds. The average Bonchev–Trinajstić information content (AvgIpc) is 3.43. The van der Waals surface area contributed by atoms with Gasteiger partial charge in [0.15, 0.2) is 0 Å². The number of hydrogen-bond donors (Lipinski definition) is 2. The Hall–Kier alpha value is -3.54. The SMILES string of the molecule is CC1=C2[C@@H](CC/C(C)=C/c3ccc(CO)o3)OB(O)C[C@@H]2[C@@H]2C(=O)N(c3cccc([N+](=O)[O-])c3)C(=O)[C@@H]2C1. The molecule has 38 heavy (non-hydrogen) atoms. The van der Waals surface area contributed by atoms with E-state index in [-0.39, 0.29) is 36.1 Å². The number of non-ortho nitro benzene ring substituents is 1. The van der Waals surface area contributed by atoms with Gasteiger partial charge in [0.05, 0.1) is 28.6 Å². The summed E-state index contributed by atoms with van der Waals surface area (Å²) in [5.41, 5.74) is 2.97. The van der Waals surface area contributed by atoms with Gasteiger partial charge in [-0.25, -0.2) is 4.90 Å². The summed E-state index contributed by atoms with van der Waals surface area (Å²) in [6, 6.07) is 9.05. The molecule has 0 saturated carbocycles. The van der Waals surface area contributed by atoms with Gasteiger partial charge in [-0.15, -0.1) is 0 Å². The molecule has 2 aromatic rings. The molecule has 198 valence electrons. The maximum Gasteiger partial charge on any atom is 0.455 e. The van der Waals surface area contributed by atoms with Crippen molar-refractivity contribution >= 4 is 36.4 Å². The third-order valence-electron chi connectivity index (χ3n) is 7.78. The number of benzene rings is 1. The van der Waals surface area contributed by atoms with Crippen molar-refractivity contribution in [3.05, 3.63) is 74.8 Å². The molecular formula is C27H29BN2O8. The van der Waals surface area contributed by atoms with Crippen LogP contribution in [-0.4, -0.2) is 40.1 Å². The Morgan fingerprint density at radius 2 is 2.03 bits per heavy atom. The van der Waals surface area contributed by atoms with Crippen LogP contribution in [0.3, 0.4) is 0 Å². The van der Waals surface area contributed by atoms with Gasteiger partial charge in [0.2, 0.25) is 11.8 Å². The van der Waals surface area contributed by atoms with Gasteiger partial charge in [0.25, 0.3) is 5.69 Å². The molecule has 2 fully saturated rings. The highest BCUT2D eigenvalue weighted by Crippen LogP contribution is 2.51. The number of anilines is 1. The summed E-state index contributed by atoms with van der Waals surface area (Å²) in [7, 11) is -1.07. The zero-order chi connectivity index (χ0) is 27.1. The molecule has 10 nitrogen and oxygen atoms in total. The number of imide groups is 1. The molecule has 1 aliphatic carbocycles. The summed E-state index contributed by atoms with van der Waals surface area (Å²) >= 11 is 0. The number of carbonyl (C=O) groups excluding carboxylic acids is 2. The smallest absolute Gasteiger partial charge is 0.455 e. The van der Waals surface area contributed by atoms with Crippen LogP contribution < -0.4 is 4.90 Å². The van der Waals surface area contributed by atoms with Crippen LogP contribution in [0.25, 0.3) is 6.08 Å². The molecule has 0 unspecified atom stereocenters. The van der Waals surface area contributed by atoms with E-state index >= 15 is 0 Å². The van der Waals surface area contributed by atoms with E-state index in [1.165, 1.54) is 24.3 Å². The van der Waals surface area contributed by atoms with E-state index in [1.807, 2.05) is 19.9 Å². The molecule has 2 aliphatic heterocycles. The lowest BCUT2D eigenvalue weighted by Crippen LogP contribution is -2.46. The van der Waals surface area contributed by atoms with Gasteiger partial charge in [-0.05, 0) is 75.2 Å². The van der Waals surface area contributed by atoms with E-state index in [0.29, 0.717) is 30.8 Å². The van der Waals surface area contributed by atoms with Crippen molar-refractivity contribution in [3.8, 4) is 0 Å². The first-order valence-corrected chi connectivity index (χ1v) is 12.7. The van der Waals surface area contributed by atoms with E-state index in [9.17, 15) is 29.8 Å². The Morgan fingerprint density at radius 3 is 2.74 bits per heavy atom. The predicted octanol–water partition coefficient (Wildman–Crippen LogP) is 3.89. The van der Waals surface area contributed by atoms with Crippen LogP contribution in [-0.2, 0) is 20.9 Å². The predicted molar refractivity (Wildman–Crippen MR) is 139 cm³/mol. The minimum absolute atomic E-state index is 0.169. The summed E-state index contributed by atoms with van der Waals surface area (Å²) in [5, 5.41) is 31.1. The first kappa shape index (κ1) is 26.1. The van der Waals surface area contributed by atoms with Crippen LogP contribution in [0.15, 0.2) is 57.5 Å². The summed E-state index contributed by atoms with van der Waals surface area (Å²) < 4.78 is 11.5. The second-order valence-electron chi connectivity index (χ2n) is 10.3. The van der Waals surface area contributed by atoms with Gasteiger partial charge in [-0.1, -0.05) is 17.2 Å². The van der Waals surface area contributed by atoms with Gasteiger partial charge in [-0.2, -0.15) is 0 Å². The number of furan rings is 1. The second-order valence-corrected chi connectivity index (χ2v) is 10.3. The quantitative estimate of drug-likeness (QED) is 0.184. The molecule has 1 aromatic carbocycles. The van der Waals surface area contributed by atoms with Crippen LogP contribution in [0.1, 0.15) is 44.6 Å². The van der Waals surface area contributed by atoms with Crippen LogP contribution in [0.4, 0.5) is 11.4 Å². The van der Waals surface area contributed by atoms with E-state index in [4.69, 9.17) is 9.07 Å². The third kappa shape index (κ3) is 4.73. The first-order valence-electron chi connectivity index (χ1n) is 12.7. The maximum absolute atomic E-state index is 13.7. The molecule has 0 bridgehead atoms.